The molecule has 8 heteroatoms. The maximum atomic E-state index is 14.2. The first-order chi connectivity index (χ1) is 12.5. The largest absolute Gasteiger partial charge is 0.335 e. The lowest BCUT2D eigenvalue weighted by Crippen LogP contribution is -2.34. The van der Waals surface area contributed by atoms with Crippen LogP contribution in [0.25, 0.3) is 5.69 Å². The van der Waals surface area contributed by atoms with Gasteiger partial charge in [0.2, 0.25) is 5.82 Å². The van der Waals surface area contributed by atoms with Gasteiger partial charge >= 0.3 is 0 Å². The van der Waals surface area contributed by atoms with Crippen molar-refractivity contribution in [2.75, 3.05) is 13.1 Å². The summed E-state index contributed by atoms with van der Waals surface area (Å²) in [5.41, 5.74) is 6.47. The van der Waals surface area contributed by atoms with Gasteiger partial charge in [0.15, 0.2) is 0 Å². The molecule has 2 N–H and O–H groups in total. The molecule has 0 radical (unpaired) electrons. The summed E-state index contributed by atoms with van der Waals surface area (Å²) in [5, 5.41) is 4.36. The van der Waals surface area contributed by atoms with E-state index in [0.717, 1.165) is 12.8 Å². The predicted octanol–water partition coefficient (Wildman–Crippen LogP) is 2.76. The Balaban J connectivity index is 0.00000210. The van der Waals surface area contributed by atoms with Crippen LogP contribution >= 0.6 is 12.4 Å². The minimum atomic E-state index is -0.389. The number of hydrogen-bond acceptors (Lipinski definition) is 4. The van der Waals surface area contributed by atoms with Gasteiger partial charge in [-0.05, 0) is 36.8 Å². The second kappa shape index (κ2) is 7.56. The van der Waals surface area contributed by atoms with Crippen molar-refractivity contribution >= 4 is 18.3 Å². The monoisotopic (exact) mass is 393 g/mol. The molecule has 0 bridgehead atoms. The second-order valence-electron chi connectivity index (χ2n) is 7.69. The van der Waals surface area contributed by atoms with Gasteiger partial charge in [0.05, 0.1) is 0 Å². The van der Waals surface area contributed by atoms with Crippen LogP contribution in [0.2, 0.25) is 0 Å². The van der Waals surface area contributed by atoms with E-state index in [1.54, 1.807) is 23.1 Å². The number of nitrogens with two attached hydrogens (primary N) is 1. The zero-order valence-electron chi connectivity index (χ0n) is 15.5. The Kier molecular flexibility index (Phi) is 5.53. The Hall–Kier alpha value is -1.99. The third-order valence-corrected chi connectivity index (χ3v) is 5.62. The smallest absolute Gasteiger partial charge is 0.293 e. The van der Waals surface area contributed by atoms with Crippen molar-refractivity contribution in [2.24, 2.45) is 17.6 Å². The molecule has 1 aliphatic heterocycles. The summed E-state index contributed by atoms with van der Waals surface area (Å²) in [6.07, 6.45) is 2.11. The first kappa shape index (κ1) is 19.8. The van der Waals surface area contributed by atoms with E-state index in [4.69, 9.17) is 5.73 Å². The molecule has 2 aromatic rings. The molecule has 27 heavy (non-hydrogen) atoms. The van der Waals surface area contributed by atoms with Gasteiger partial charge in [-0.25, -0.2) is 14.1 Å². The van der Waals surface area contributed by atoms with Crippen LogP contribution in [0.1, 0.15) is 49.1 Å². The van der Waals surface area contributed by atoms with Crippen LogP contribution in [-0.2, 0) is 0 Å². The van der Waals surface area contributed by atoms with Gasteiger partial charge in [0.25, 0.3) is 5.91 Å². The number of para-hydroxylation sites is 1. The predicted molar refractivity (Wildman–Crippen MR) is 103 cm³/mol. The molecule has 4 rings (SSSR count). The first-order valence-electron chi connectivity index (χ1n) is 9.22. The Labute approximate surface area is 164 Å². The highest BCUT2D eigenvalue weighted by Gasteiger charge is 2.43. The third kappa shape index (κ3) is 3.46. The molecule has 146 valence electrons. The van der Waals surface area contributed by atoms with Crippen molar-refractivity contribution in [3.8, 4) is 5.69 Å². The average molecular weight is 394 g/mol. The third-order valence-electron chi connectivity index (χ3n) is 5.62. The van der Waals surface area contributed by atoms with Gasteiger partial charge in [0, 0.05) is 25.0 Å². The lowest BCUT2D eigenvalue weighted by Gasteiger charge is -2.17. The molecule has 1 saturated heterocycles. The number of amides is 1. The Morgan fingerprint density at radius 1 is 1.26 bits per heavy atom. The van der Waals surface area contributed by atoms with Crippen LogP contribution in [0.3, 0.4) is 0 Å². The zero-order chi connectivity index (χ0) is 18.4. The van der Waals surface area contributed by atoms with Crippen molar-refractivity contribution in [3.05, 3.63) is 41.7 Å². The highest BCUT2D eigenvalue weighted by atomic mass is 35.5. The number of hydrogen-bond donors (Lipinski definition) is 1. The lowest BCUT2D eigenvalue weighted by atomic mass is 9.98. The number of rotatable bonds is 3. The molecule has 2 aliphatic rings. The molecule has 6 nitrogen and oxygen atoms in total. The lowest BCUT2D eigenvalue weighted by molar-refractivity contribution is 0.0767. The fraction of sp³-hybridized carbons (Fsp3) is 0.526. The Morgan fingerprint density at radius 2 is 2.00 bits per heavy atom. The van der Waals surface area contributed by atoms with Gasteiger partial charge in [-0.3, -0.25) is 4.79 Å². The molecule has 1 aliphatic carbocycles. The van der Waals surface area contributed by atoms with Crippen molar-refractivity contribution in [1.82, 2.24) is 19.7 Å². The van der Waals surface area contributed by atoms with Gasteiger partial charge < -0.3 is 10.6 Å². The van der Waals surface area contributed by atoms with Gasteiger partial charge in [-0.15, -0.1) is 17.5 Å². The zero-order valence-corrected chi connectivity index (χ0v) is 16.3. The van der Waals surface area contributed by atoms with Crippen LogP contribution in [0.5, 0.6) is 0 Å². The number of carbonyl (C=O) groups is 1. The second-order valence-corrected chi connectivity index (χ2v) is 7.69. The van der Waals surface area contributed by atoms with E-state index >= 15 is 0 Å². The average Bonchev–Trinajstić information content (AvgIpc) is 3.31. The van der Waals surface area contributed by atoms with Crippen LogP contribution in [0.4, 0.5) is 4.39 Å². The number of likely N-dealkylation sites (tertiary alicyclic amines) is 1. The van der Waals surface area contributed by atoms with E-state index in [0.29, 0.717) is 36.4 Å². The van der Waals surface area contributed by atoms with E-state index in [2.05, 4.69) is 10.1 Å². The highest BCUT2D eigenvalue weighted by Crippen LogP contribution is 2.37. The molecule has 0 spiro atoms. The molecule has 1 aromatic heterocycles. The normalized spacial score (nSPS) is 24.2. The van der Waals surface area contributed by atoms with Crippen LogP contribution < -0.4 is 5.73 Å². The molecular formula is C19H25ClFN5O. The highest BCUT2D eigenvalue weighted by molar-refractivity contribution is 5.90. The van der Waals surface area contributed by atoms with E-state index in [-0.39, 0.29) is 41.9 Å². The quantitative estimate of drug-likeness (QED) is 0.869. The number of halogens is 2. The molecule has 1 saturated carbocycles. The topological polar surface area (TPSA) is 77.0 Å². The summed E-state index contributed by atoms with van der Waals surface area (Å²) < 4.78 is 15.7. The maximum Gasteiger partial charge on any atom is 0.293 e. The van der Waals surface area contributed by atoms with Crippen LogP contribution in [-0.4, -0.2) is 44.7 Å². The van der Waals surface area contributed by atoms with E-state index < -0.39 is 0 Å². The van der Waals surface area contributed by atoms with E-state index in [1.165, 1.54) is 10.7 Å². The molecule has 2 heterocycles. The summed E-state index contributed by atoms with van der Waals surface area (Å²) in [7, 11) is 0. The number of fused-ring (bicyclic) bond motifs is 1. The number of benzene rings is 1. The SMILES string of the molecule is CC(C)c1nc(C(=O)N2CC3CCC(N)C3C2)nn1-c1ccccc1F.Cl. The van der Waals surface area contributed by atoms with Gasteiger partial charge in [-0.2, -0.15) is 0 Å². The van der Waals surface area contributed by atoms with Crippen LogP contribution in [0.15, 0.2) is 24.3 Å². The number of nitrogens with zero attached hydrogens (tertiary/aromatic N) is 4. The standard InChI is InChI=1S/C19H24FN5O.ClH/c1-11(2)18-22-17(23-25(18)16-6-4-3-5-14(16)20)19(26)24-9-12-7-8-15(21)13(12)10-24;/h3-6,11-13,15H,7-10,21H2,1-2H3;1H. The minimum absolute atomic E-state index is 0. The number of aromatic nitrogens is 3. The Morgan fingerprint density at radius 3 is 2.67 bits per heavy atom. The summed E-state index contributed by atoms with van der Waals surface area (Å²) in [4.78, 5) is 19.2. The Bertz CT molecular complexity index is 839. The first-order valence-corrected chi connectivity index (χ1v) is 9.22. The van der Waals surface area contributed by atoms with Crippen molar-refractivity contribution < 1.29 is 9.18 Å². The summed E-state index contributed by atoms with van der Waals surface area (Å²) >= 11 is 0. The van der Waals surface area contributed by atoms with Gasteiger partial charge in [0.1, 0.15) is 17.3 Å². The fourth-order valence-corrected chi connectivity index (χ4v) is 4.20. The molecule has 3 unspecified atom stereocenters. The van der Waals surface area contributed by atoms with Crippen LogP contribution in [0, 0.1) is 17.7 Å². The molecule has 1 amide bonds. The molecule has 2 fully saturated rings. The van der Waals surface area contributed by atoms with E-state index in [1.807, 2.05) is 13.8 Å². The number of carbonyl (C=O) groups excluding carboxylic acids is 1. The van der Waals surface area contributed by atoms with Crippen molar-refractivity contribution in [2.45, 2.75) is 38.6 Å². The molecule has 1 aromatic carbocycles. The van der Waals surface area contributed by atoms with Crippen molar-refractivity contribution in [1.29, 1.82) is 0 Å². The van der Waals surface area contributed by atoms with Crippen molar-refractivity contribution in [3.63, 3.8) is 0 Å². The van der Waals surface area contributed by atoms with Gasteiger partial charge in [-0.1, -0.05) is 26.0 Å². The fourth-order valence-electron chi connectivity index (χ4n) is 4.20. The summed E-state index contributed by atoms with van der Waals surface area (Å²) in [6.45, 7) is 5.28. The van der Waals surface area contributed by atoms with E-state index in [9.17, 15) is 9.18 Å². The molecule has 3 atom stereocenters. The minimum Gasteiger partial charge on any atom is -0.335 e. The maximum absolute atomic E-state index is 14.2. The summed E-state index contributed by atoms with van der Waals surface area (Å²) in [6, 6.07) is 6.57. The molecular weight excluding hydrogens is 369 g/mol. The summed E-state index contributed by atoms with van der Waals surface area (Å²) in [5.74, 6) is 0.989.